The third-order valence-corrected chi connectivity index (χ3v) is 7.63. The Balaban J connectivity index is 1.20. The van der Waals surface area contributed by atoms with Gasteiger partial charge in [0.05, 0.1) is 24.2 Å². The molecule has 2 aliphatic rings. The van der Waals surface area contributed by atoms with Gasteiger partial charge in [0.15, 0.2) is 11.9 Å². The van der Waals surface area contributed by atoms with E-state index in [1.54, 1.807) is 42.5 Å². The molecule has 0 radical (unpaired) electrons. The Morgan fingerprint density at radius 1 is 0.914 bits per heavy atom. The highest BCUT2D eigenvalue weighted by Gasteiger charge is 2.50. The van der Waals surface area contributed by atoms with E-state index < -0.39 is 40.5 Å². The Bertz CT molecular complexity index is 1370. The van der Waals surface area contributed by atoms with Crippen LogP contribution in [0.3, 0.4) is 0 Å². The van der Waals surface area contributed by atoms with Crippen LogP contribution in [0.2, 0.25) is 0 Å². The molecule has 9 nitrogen and oxygen atoms in total. The normalized spacial score (nSPS) is 23.7. The monoisotopic (exact) mass is 496 g/mol. The summed E-state index contributed by atoms with van der Waals surface area (Å²) in [5.41, 5.74) is 1.01. The lowest BCUT2D eigenvalue weighted by molar-refractivity contribution is 0.00883. The van der Waals surface area contributed by atoms with E-state index in [4.69, 9.17) is 14.2 Å². The molecule has 182 valence electrons. The number of ketones is 1. The van der Waals surface area contributed by atoms with E-state index >= 15 is 0 Å². The first-order chi connectivity index (χ1) is 16.8. The average molecular weight is 497 g/mol. The van der Waals surface area contributed by atoms with Crippen molar-refractivity contribution in [3.05, 3.63) is 72.3 Å². The summed E-state index contributed by atoms with van der Waals surface area (Å²) in [7, 11) is -3.82. The van der Waals surface area contributed by atoms with E-state index in [-0.39, 0.29) is 23.9 Å². The number of fused-ring (bicyclic) bond motifs is 2. The molecule has 0 aromatic heterocycles. The highest BCUT2D eigenvalue weighted by molar-refractivity contribution is 7.89. The van der Waals surface area contributed by atoms with Crippen molar-refractivity contribution in [2.75, 3.05) is 18.5 Å². The highest BCUT2D eigenvalue weighted by Crippen LogP contribution is 2.30. The zero-order chi connectivity index (χ0) is 24.6. The fraction of sp³-hybridized carbons (Fsp3) is 0.280. The van der Waals surface area contributed by atoms with Crippen LogP contribution in [0.5, 0.6) is 0 Å². The number of hydrogen-bond acceptors (Lipinski definition) is 7. The Hall–Kier alpha value is -3.31. The smallest absolute Gasteiger partial charge is 0.412 e. The first-order valence-electron chi connectivity index (χ1n) is 11.1. The molecule has 35 heavy (non-hydrogen) atoms. The number of carbonyl (C=O) groups excluding carboxylic acids is 2. The maximum atomic E-state index is 13.0. The van der Waals surface area contributed by atoms with Crippen LogP contribution >= 0.6 is 0 Å². The van der Waals surface area contributed by atoms with Gasteiger partial charge in [-0.25, -0.2) is 17.9 Å². The topological polar surface area (TPSA) is 120 Å². The van der Waals surface area contributed by atoms with Crippen LogP contribution in [-0.2, 0) is 24.2 Å². The second-order valence-electron chi connectivity index (χ2n) is 8.53. The molecule has 0 aliphatic carbocycles. The summed E-state index contributed by atoms with van der Waals surface area (Å²) >= 11 is 0. The van der Waals surface area contributed by atoms with Gasteiger partial charge in [0, 0.05) is 11.3 Å². The first-order valence-corrected chi connectivity index (χ1v) is 12.6. The van der Waals surface area contributed by atoms with Crippen molar-refractivity contribution in [1.29, 1.82) is 0 Å². The molecule has 3 aromatic carbocycles. The molecule has 0 saturated carbocycles. The molecule has 0 bridgehead atoms. The second-order valence-corrected chi connectivity index (χ2v) is 10.2. The lowest BCUT2D eigenvalue weighted by atomic mass is 10.1. The standard InChI is InChI=1S/C25H24N2O7S/c1-15(28)16-6-9-19(10-7-16)26-25(29)34-22-14-33-23-21(13-32-24(22)23)27-35(30,31)20-11-8-17-4-2-3-5-18(17)12-20/h2-12,21-24,27H,13-14H2,1H3,(H,26,29)/t21-,22-,23-,24+/m0/s1. The Morgan fingerprint density at radius 2 is 1.63 bits per heavy atom. The Morgan fingerprint density at radius 3 is 2.37 bits per heavy atom. The molecule has 2 heterocycles. The van der Waals surface area contributed by atoms with E-state index in [2.05, 4.69) is 10.0 Å². The summed E-state index contributed by atoms with van der Waals surface area (Å²) in [6.07, 6.45) is -2.56. The van der Waals surface area contributed by atoms with Gasteiger partial charge in [-0.15, -0.1) is 0 Å². The van der Waals surface area contributed by atoms with Crippen molar-refractivity contribution in [1.82, 2.24) is 4.72 Å². The van der Waals surface area contributed by atoms with Gasteiger partial charge in [0.1, 0.15) is 12.2 Å². The number of ether oxygens (including phenoxy) is 3. The number of rotatable bonds is 6. The van der Waals surface area contributed by atoms with E-state index in [1.165, 1.54) is 6.92 Å². The van der Waals surface area contributed by atoms with Gasteiger partial charge in [-0.3, -0.25) is 10.1 Å². The molecular weight excluding hydrogens is 472 g/mol. The summed E-state index contributed by atoms with van der Waals surface area (Å²) < 4.78 is 45.7. The number of amides is 1. The zero-order valence-corrected chi connectivity index (χ0v) is 19.7. The molecule has 4 atom stereocenters. The Kier molecular flexibility index (Phi) is 6.28. The van der Waals surface area contributed by atoms with Crippen molar-refractivity contribution < 1.29 is 32.2 Å². The van der Waals surface area contributed by atoms with Gasteiger partial charge in [0.2, 0.25) is 10.0 Å². The number of carbonyl (C=O) groups is 2. The third-order valence-electron chi connectivity index (χ3n) is 6.14. The van der Waals surface area contributed by atoms with E-state index in [1.807, 2.05) is 24.3 Å². The molecule has 2 saturated heterocycles. The Labute approximate surface area is 202 Å². The number of anilines is 1. The highest BCUT2D eigenvalue weighted by atomic mass is 32.2. The second kappa shape index (κ2) is 9.38. The van der Waals surface area contributed by atoms with E-state index in [0.29, 0.717) is 11.3 Å². The quantitative estimate of drug-likeness (QED) is 0.503. The molecule has 0 spiro atoms. The predicted molar refractivity (Wildman–Crippen MR) is 128 cm³/mol. The van der Waals surface area contributed by atoms with Crippen LogP contribution in [0.15, 0.2) is 71.6 Å². The van der Waals surface area contributed by atoms with Crippen molar-refractivity contribution >= 4 is 38.4 Å². The fourth-order valence-corrected chi connectivity index (χ4v) is 5.61. The number of hydrogen-bond donors (Lipinski definition) is 2. The SMILES string of the molecule is CC(=O)c1ccc(NC(=O)O[C@H]2CO[C@@H]3[C@@H]2OC[C@@H]3NS(=O)(=O)c2ccc3ccccc3c2)cc1. The van der Waals surface area contributed by atoms with E-state index in [9.17, 15) is 18.0 Å². The van der Waals surface area contributed by atoms with Crippen LogP contribution in [0.1, 0.15) is 17.3 Å². The summed E-state index contributed by atoms with van der Waals surface area (Å²) in [6, 6.07) is 18.3. The van der Waals surface area contributed by atoms with Gasteiger partial charge in [0.25, 0.3) is 0 Å². The van der Waals surface area contributed by atoms with E-state index in [0.717, 1.165) is 10.8 Å². The fourth-order valence-electron chi connectivity index (χ4n) is 4.34. The minimum absolute atomic E-state index is 0.0718. The zero-order valence-electron chi connectivity index (χ0n) is 18.8. The number of nitrogens with one attached hydrogen (secondary N) is 2. The molecule has 5 rings (SSSR count). The molecule has 10 heteroatoms. The number of sulfonamides is 1. The van der Waals surface area contributed by atoms with Crippen molar-refractivity contribution in [3.8, 4) is 0 Å². The van der Waals surface area contributed by atoms with Crippen molar-refractivity contribution in [2.24, 2.45) is 0 Å². The molecular formula is C25H24N2O7S. The number of benzene rings is 3. The summed E-state index contributed by atoms with van der Waals surface area (Å²) in [5.74, 6) is -0.0718. The minimum atomic E-state index is -3.82. The van der Waals surface area contributed by atoms with Crippen molar-refractivity contribution in [2.45, 2.75) is 36.2 Å². The van der Waals surface area contributed by atoms with Crippen LogP contribution in [0, 0.1) is 0 Å². The van der Waals surface area contributed by atoms with Gasteiger partial charge < -0.3 is 14.2 Å². The largest absolute Gasteiger partial charge is 0.441 e. The van der Waals surface area contributed by atoms with Gasteiger partial charge >= 0.3 is 6.09 Å². The van der Waals surface area contributed by atoms with Crippen LogP contribution in [0.25, 0.3) is 10.8 Å². The third kappa shape index (κ3) is 4.92. The first kappa shape index (κ1) is 23.4. The van der Waals surface area contributed by atoms with Crippen molar-refractivity contribution in [3.63, 3.8) is 0 Å². The maximum Gasteiger partial charge on any atom is 0.412 e. The lowest BCUT2D eigenvalue weighted by Gasteiger charge is -2.18. The molecule has 0 unspecified atom stereocenters. The number of Topliss-reactive ketones (excluding diaryl/α,β-unsaturated/α-hetero) is 1. The van der Waals surface area contributed by atoms with Crippen LogP contribution in [0.4, 0.5) is 10.5 Å². The summed E-state index contributed by atoms with van der Waals surface area (Å²) in [4.78, 5) is 23.9. The van der Waals surface area contributed by atoms with Gasteiger partial charge in [-0.1, -0.05) is 30.3 Å². The van der Waals surface area contributed by atoms with Gasteiger partial charge in [-0.2, -0.15) is 0 Å². The predicted octanol–water partition coefficient (Wildman–Crippen LogP) is 3.10. The minimum Gasteiger partial charge on any atom is -0.441 e. The molecule has 3 aromatic rings. The molecule has 2 fully saturated rings. The lowest BCUT2D eigenvalue weighted by Crippen LogP contribution is -2.44. The average Bonchev–Trinajstić information content (AvgIpc) is 3.42. The molecule has 2 N–H and O–H groups in total. The molecule has 1 amide bonds. The summed E-state index contributed by atoms with van der Waals surface area (Å²) in [6.45, 7) is 1.64. The summed E-state index contributed by atoms with van der Waals surface area (Å²) in [5, 5.41) is 4.38. The maximum absolute atomic E-state index is 13.0. The van der Waals surface area contributed by atoms with Crippen LogP contribution < -0.4 is 10.0 Å². The van der Waals surface area contributed by atoms with Gasteiger partial charge in [-0.05, 0) is 54.1 Å². The van der Waals surface area contributed by atoms with Crippen LogP contribution in [-0.4, -0.2) is 57.9 Å². The molecule has 2 aliphatic heterocycles.